The third kappa shape index (κ3) is 3.65. The van der Waals surface area contributed by atoms with Gasteiger partial charge in [-0.1, -0.05) is 64.6 Å². The van der Waals surface area contributed by atoms with E-state index in [9.17, 15) is 23.2 Å². The number of hydrogen-bond donors (Lipinski definition) is 3. The summed E-state index contributed by atoms with van der Waals surface area (Å²) in [6, 6.07) is 11.3. The molecule has 3 aromatic carbocycles. The molecule has 0 spiro atoms. The first-order chi connectivity index (χ1) is 13.5. The minimum Gasteiger partial charge on any atom is -0.508 e. The van der Waals surface area contributed by atoms with Gasteiger partial charge in [-0.25, -0.2) is 0 Å². The van der Waals surface area contributed by atoms with Gasteiger partial charge in [-0.3, -0.25) is 4.55 Å². The fourth-order valence-electron chi connectivity index (χ4n) is 3.19. The first kappa shape index (κ1) is 22.0. The minimum absolute atomic E-state index is 0.00669. The van der Waals surface area contributed by atoms with Crippen LogP contribution in [0, 0.1) is 0 Å². The molecule has 0 aliphatic carbocycles. The van der Waals surface area contributed by atoms with Gasteiger partial charge in [-0.2, -0.15) is 8.42 Å². The molecule has 0 amide bonds. The summed E-state index contributed by atoms with van der Waals surface area (Å²) in [5, 5.41) is 18.9. The lowest BCUT2D eigenvalue weighted by molar-refractivity contribution is 0.456. The first-order valence-corrected chi connectivity index (χ1v) is 10.8. The van der Waals surface area contributed by atoms with Crippen molar-refractivity contribution in [3.63, 3.8) is 0 Å². The van der Waals surface area contributed by atoms with Gasteiger partial charge in [0.1, 0.15) is 11.5 Å². The lowest BCUT2D eigenvalue weighted by Crippen LogP contribution is -2.39. The van der Waals surface area contributed by atoms with E-state index in [-0.39, 0.29) is 48.3 Å². The molecule has 0 aliphatic heterocycles. The second-order valence-corrected chi connectivity index (χ2v) is 9.25. The summed E-state index contributed by atoms with van der Waals surface area (Å²) in [4.78, 5) is 0. The molecule has 1 atom stereocenters. The summed E-state index contributed by atoms with van der Waals surface area (Å²) in [6.45, 7) is 0. The minimum atomic E-state index is -5.07. The molecule has 3 aromatic rings. The Morgan fingerprint density at radius 1 is 0.724 bits per heavy atom. The molecule has 1 unspecified atom stereocenters. The Morgan fingerprint density at radius 3 is 1.83 bits per heavy atom. The lowest BCUT2D eigenvalue weighted by Gasteiger charge is -2.34. The molecule has 0 bridgehead atoms. The maximum Gasteiger partial charge on any atom is 0.283 e. The average Bonchev–Trinajstić information content (AvgIpc) is 2.63. The molecule has 5 nitrogen and oxygen atoms in total. The van der Waals surface area contributed by atoms with Crippen molar-refractivity contribution in [2.75, 3.05) is 0 Å². The number of halogens is 4. The molecule has 0 aromatic heterocycles. The van der Waals surface area contributed by atoms with Crippen LogP contribution >= 0.6 is 46.4 Å². The molecule has 0 aliphatic rings. The highest BCUT2D eigenvalue weighted by atomic mass is 35.5. The van der Waals surface area contributed by atoms with E-state index in [4.69, 9.17) is 46.4 Å². The van der Waals surface area contributed by atoms with E-state index in [0.29, 0.717) is 0 Å². The third-order valence-electron chi connectivity index (χ3n) is 4.39. The summed E-state index contributed by atoms with van der Waals surface area (Å²) < 4.78 is 34.1. The van der Waals surface area contributed by atoms with E-state index in [1.165, 1.54) is 48.5 Å². The van der Waals surface area contributed by atoms with Crippen LogP contribution in [0.1, 0.15) is 16.7 Å². The number of phenols is 2. The molecule has 0 fully saturated rings. The van der Waals surface area contributed by atoms with Crippen LogP contribution in [0.3, 0.4) is 0 Å². The Hall–Kier alpha value is -1.67. The van der Waals surface area contributed by atoms with Gasteiger partial charge >= 0.3 is 0 Å². The van der Waals surface area contributed by atoms with Crippen molar-refractivity contribution in [1.82, 2.24) is 0 Å². The van der Waals surface area contributed by atoms with Gasteiger partial charge in [-0.05, 0) is 42.0 Å². The first-order valence-electron chi connectivity index (χ1n) is 7.89. The van der Waals surface area contributed by atoms with Crippen molar-refractivity contribution in [3.8, 4) is 11.5 Å². The van der Waals surface area contributed by atoms with Gasteiger partial charge in [0.25, 0.3) is 10.1 Å². The molecule has 0 saturated carbocycles. The molecular formula is C19H12Cl4O5S. The molecule has 0 radical (unpaired) electrons. The van der Waals surface area contributed by atoms with Gasteiger partial charge in [0.15, 0.2) is 4.75 Å². The van der Waals surface area contributed by atoms with Crippen LogP contribution in [-0.2, 0) is 14.9 Å². The van der Waals surface area contributed by atoms with E-state index < -0.39 is 14.9 Å². The van der Waals surface area contributed by atoms with Crippen molar-refractivity contribution in [2.24, 2.45) is 0 Å². The number of aromatic hydroxyl groups is 2. The fraction of sp³-hybridized carbons (Fsp3) is 0.0526. The molecule has 152 valence electrons. The zero-order chi connectivity index (χ0) is 21.6. The van der Waals surface area contributed by atoms with E-state index in [1.807, 2.05) is 0 Å². The highest BCUT2D eigenvalue weighted by Gasteiger charge is 2.52. The Balaban J connectivity index is 2.63. The number of phenolic OH excluding ortho intramolecular Hbond substituents is 2. The monoisotopic (exact) mass is 492 g/mol. The standard InChI is InChI=1S/C19H12Cl4O5S/c20-14-7-8-15(21)18(23)17(14)19(29(26,27)28,10-1-3-11(24)4-2-10)13-6-5-12(25)9-16(13)22/h1-9,24-25H,(H,26,27,28). The van der Waals surface area contributed by atoms with E-state index in [2.05, 4.69) is 0 Å². The van der Waals surface area contributed by atoms with Crippen molar-refractivity contribution < 1.29 is 23.2 Å². The second-order valence-electron chi connectivity index (χ2n) is 6.09. The van der Waals surface area contributed by atoms with Crippen molar-refractivity contribution in [2.45, 2.75) is 4.75 Å². The predicted molar refractivity (Wildman–Crippen MR) is 114 cm³/mol. The number of benzene rings is 3. The zero-order valence-corrected chi connectivity index (χ0v) is 18.1. The Kier molecular flexibility index (Phi) is 5.98. The maximum atomic E-state index is 13.0. The van der Waals surface area contributed by atoms with Crippen LogP contribution in [0.5, 0.6) is 11.5 Å². The molecule has 0 heterocycles. The molecule has 0 saturated heterocycles. The summed E-state index contributed by atoms with van der Waals surface area (Å²) in [5.41, 5.74) is -0.373. The van der Waals surface area contributed by atoms with Crippen LogP contribution in [0.15, 0.2) is 54.6 Å². The van der Waals surface area contributed by atoms with Gasteiger partial charge in [0, 0.05) is 21.2 Å². The Labute approximate surface area is 186 Å². The van der Waals surface area contributed by atoms with Gasteiger partial charge in [0.05, 0.1) is 10.0 Å². The summed E-state index contributed by atoms with van der Waals surface area (Å²) >= 11 is 25.1. The smallest absolute Gasteiger partial charge is 0.283 e. The predicted octanol–water partition coefficient (Wildman–Crippen LogP) is 5.89. The Bertz CT molecular complexity index is 1200. The highest BCUT2D eigenvalue weighted by molar-refractivity contribution is 7.87. The number of rotatable bonds is 4. The van der Waals surface area contributed by atoms with Gasteiger partial charge in [-0.15, -0.1) is 0 Å². The fourth-order valence-corrected chi connectivity index (χ4v) is 5.84. The zero-order valence-electron chi connectivity index (χ0n) is 14.3. The lowest BCUT2D eigenvalue weighted by atomic mass is 9.83. The van der Waals surface area contributed by atoms with Crippen LogP contribution in [0.4, 0.5) is 0 Å². The van der Waals surface area contributed by atoms with Gasteiger partial charge in [0.2, 0.25) is 0 Å². The SMILES string of the molecule is O=S(=O)(O)C(c1ccc(O)cc1)(c1ccc(O)cc1Cl)c1c(Cl)ccc(Cl)c1Cl. The van der Waals surface area contributed by atoms with Crippen molar-refractivity contribution in [3.05, 3.63) is 91.4 Å². The molecular weight excluding hydrogens is 482 g/mol. The molecule has 10 heteroatoms. The van der Waals surface area contributed by atoms with Crippen molar-refractivity contribution in [1.29, 1.82) is 0 Å². The van der Waals surface area contributed by atoms with Crippen molar-refractivity contribution >= 4 is 56.5 Å². The van der Waals surface area contributed by atoms with Crippen LogP contribution in [0.25, 0.3) is 0 Å². The topological polar surface area (TPSA) is 94.8 Å². The summed E-state index contributed by atoms with van der Waals surface area (Å²) in [6.07, 6.45) is 0. The van der Waals surface area contributed by atoms with E-state index in [0.717, 1.165) is 6.07 Å². The van der Waals surface area contributed by atoms with E-state index >= 15 is 0 Å². The normalized spacial score (nSPS) is 13.8. The maximum absolute atomic E-state index is 13.0. The molecule has 3 rings (SSSR count). The van der Waals surface area contributed by atoms with Gasteiger partial charge < -0.3 is 10.2 Å². The van der Waals surface area contributed by atoms with Crippen LogP contribution in [-0.4, -0.2) is 23.2 Å². The number of hydrogen-bond acceptors (Lipinski definition) is 4. The quantitative estimate of drug-likeness (QED) is 0.239. The Morgan fingerprint density at radius 2 is 1.28 bits per heavy atom. The molecule has 29 heavy (non-hydrogen) atoms. The molecule has 3 N–H and O–H groups in total. The highest BCUT2D eigenvalue weighted by Crippen LogP contribution is 2.52. The third-order valence-corrected chi connectivity index (χ3v) is 7.25. The largest absolute Gasteiger partial charge is 0.508 e. The summed E-state index contributed by atoms with van der Waals surface area (Å²) in [7, 11) is -5.07. The summed E-state index contributed by atoms with van der Waals surface area (Å²) in [5.74, 6) is -0.366. The van der Waals surface area contributed by atoms with E-state index in [1.54, 1.807) is 0 Å². The average molecular weight is 494 g/mol. The van der Waals surface area contributed by atoms with Crippen LogP contribution in [0.2, 0.25) is 20.1 Å². The van der Waals surface area contributed by atoms with Crippen LogP contribution < -0.4 is 0 Å². The second kappa shape index (κ2) is 7.87.